The van der Waals surface area contributed by atoms with Crippen molar-refractivity contribution in [1.29, 1.82) is 0 Å². The molecule has 0 saturated heterocycles. The van der Waals surface area contributed by atoms with Crippen LogP contribution in [0, 0.1) is 11.8 Å². The fourth-order valence-corrected chi connectivity index (χ4v) is 4.80. The van der Waals surface area contributed by atoms with Crippen LogP contribution < -0.4 is 5.56 Å². The van der Waals surface area contributed by atoms with E-state index in [1.807, 2.05) is 41.1 Å². The number of pyridine rings is 1. The first-order chi connectivity index (χ1) is 14.0. The Morgan fingerprint density at radius 3 is 2.66 bits per heavy atom. The Hall–Kier alpha value is -2.66. The van der Waals surface area contributed by atoms with Crippen molar-refractivity contribution in [3.8, 4) is 11.1 Å². The molecule has 0 amide bonds. The normalized spacial score (nSPS) is 22.4. The Balaban J connectivity index is 1.65. The highest BCUT2D eigenvalue weighted by Crippen LogP contribution is 2.37. The molecule has 6 heteroatoms. The van der Waals surface area contributed by atoms with Crippen molar-refractivity contribution in [3.05, 3.63) is 64.3 Å². The van der Waals surface area contributed by atoms with E-state index < -0.39 is 0 Å². The number of hydrogen-bond donors (Lipinski definition) is 0. The van der Waals surface area contributed by atoms with E-state index in [9.17, 15) is 4.79 Å². The van der Waals surface area contributed by atoms with E-state index in [1.165, 1.54) is 12.8 Å². The van der Waals surface area contributed by atoms with Gasteiger partial charge in [0, 0.05) is 29.0 Å². The van der Waals surface area contributed by atoms with Gasteiger partial charge >= 0.3 is 0 Å². The molecule has 1 aromatic carbocycles. The van der Waals surface area contributed by atoms with Crippen LogP contribution >= 0.6 is 11.6 Å². The topological polar surface area (TPSA) is 52.2 Å². The van der Waals surface area contributed by atoms with Crippen LogP contribution in [0.25, 0.3) is 27.7 Å². The van der Waals surface area contributed by atoms with Crippen LogP contribution in [-0.2, 0) is 0 Å². The number of benzene rings is 1. The molecule has 0 N–H and O–H groups in total. The Labute approximate surface area is 174 Å². The summed E-state index contributed by atoms with van der Waals surface area (Å²) in [4.78, 5) is 17.9. The maximum Gasteiger partial charge on any atom is 0.261 e. The molecule has 3 atom stereocenters. The number of aromatic nitrogens is 4. The lowest BCUT2D eigenvalue weighted by Crippen LogP contribution is -2.33. The van der Waals surface area contributed by atoms with E-state index in [1.54, 1.807) is 16.9 Å². The van der Waals surface area contributed by atoms with Crippen molar-refractivity contribution in [1.82, 2.24) is 19.2 Å². The molecule has 0 unspecified atom stereocenters. The molecule has 3 heterocycles. The smallest absolute Gasteiger partial charge is 0.261 e. The maximum atomic E-state index is 13.3. The van der Waals surface area contributed by atoms with Gasteiger partial charge in [0.2, 0.25) is 0 Å². The molecular weight excluding hydrogens is 384 g/mol. The van der Waals surface area contributed by atoms with Crippen molar-refractivity contribution in [2.75, 3.05) is 0 Å². The van der Waals surface area contributed by atoms with Gasteiger partial charge in [0.1, 0.15) is 0 Å². The van der Waals surface area contributed by atoms with Gasteiger partial charge in [0.15, 0.2) is 5.65 Å². The Morgan fingerprint density at radius 1 is 1.07 bits per heavy atom. The van der Waals surface area contributed by atoms with Crippen molar-refractivity contribution >= 4 is 28.2 Å². The van der Waals surface area contributed by atoms with Crippen LogP contribution in [0.2, 0.25) is 5.02 Å². The molecule has 4 aromatic rings. The summed E-state index contributed by atoms with van der Waals surface area (Å²) in [6, 6.07) is 9.85. The second kappa shape index (κ2) is 6.99. The zero-order chi connectivity index (χ0) is 20.1. The van der Waals surface area contributed by atoms with Crippen LogP contribution in [0.5, 0.6) is 0 Å². The second-order valence-electron chi connectivity index (χ2n) is 8.22. The lowest BCUT2D eigenvalue weighted by molar-refractivity contribution is 0.183. The van der Waals surface area contributed by atoms with Crippen LogP contribution in [-0.4, -0.2) is 19.2 Å². The standard InChI is InChI=1S/C23H23ClN4O/c1-14-4-3-5-20(15(14)2)27-11-10-21-19(23(27)29)12-25-22-18(13-26-28(21)22)16-6-8-17(24)9-7-16/h6-15,20H,3-5H2,1-2H3/t14-,15+,20+/m0/s1. The summed E-state index contributed by atoms with van der Waals surface area (Å²) in [5, 5.41) is 5.83. The van der Waals surface area contributed by atoms with Gasteiger partial charge in [-0.2, -0.15) is 5.10 Å². The SMILES string of the molecule is C[C@H]1[C@H](n2ccc3c(cnc4c(-c5ccc(Cl)cc5)cnn43)c2=O)CCC[C@@H]1C. The maximum absolute atomic E-state index is 13.3. The van der Waals surface area contributed by atoms with E-state index in [0.717, 1.165) is 28.7 Å². The quantitative estimate of drug-likeness (QED) is 0.450. The highest BCUT2D eigenvalue weighted by molar-refractivity contribution is 6.30. The monoisotopic (exact) mass is 406 g/mol. The van der Waals surface area contributed by atoms with E-state index in [2.05, 4.69) is 23.9 Å². The minimum Gasteiger partial charge on any atom is -0.311 e. The average Bonchev–Trinajstić information content (AvgIpc) is 3.16. The largest absolute Gasteiger partial charge is 0.311 e. The van der Waals surface area contributed by atoms with E-state index in [-0.39, 0.29) is 11.6 Å². The Kier molecular flexibility index (Phi) is 4.43. The molecule has 148 valence electrons. The average molecular weight is 407 g/mol. The van der Waals surface area contributed by atoms with Crippen LogP contribution in [0.1, 0.15) is 39.2 Å². The Morgan fingerprint density at radius 2 is 1.86 bits per heavy atom. The first-order valence-corrected chi connectivity index (χ1v) is 10.6. The minimum absolute atomic E-state index is 0.0198. The zero-order valence-electron chi connectivity index (χ0n) is 16.5. The van der Waals surface area contributed by atoms with Gasteiger partial charge in [-0.05, 0) is 42.0 Å². The molecule has 1 saturated carbocycles. The molecule has 1 aliphatic rings. The summed E-state index contributed by atoms with van der Waals surface area (Å²) in [6.07, 6.45) is 8.88. The Bertz CT molecular complexity index is 1260. The highest BCUT2D eigenvalue weighted by Gasteiger charge is 2.29. The van der Waals surface area contributed by atoms with Crippen molar-refractivity contribution in [2.24, 2.45) is 11.8 Å². The van der Waals surface area contributed by atoms with Gasteiger partial charge in [-0.25, -0.2) is 9.50 Å². The van der Waals surface area contributed by atoms with Crippen LogP contribution in [0.15, 0.2) is 53.7 Å². The number of rotatable bonds is 2. The van der Waals surface area contributed by atoms with Gasteiger partial charge in [0.05, 0.1) is 17.1 Å². The van der Waals surface area contributed by atoms with Gasteiger partial charge < -0.3 is 4.57 Å². The third kappa shape index (κ3) is 2.96. The van der Waals surface area contributed by atoms with Crippen LogP contribution in [0.3, 0.4) is 0 Å². The summed E-state index contributed by atoms with van der Waals surface area (Å²) in [6.45, 7) is 4.55. The molecule has 0 radical (unpaired) electrons. The van der Waals surface area contributed by atoms with Gasteiger partial charge in [-0.15, -0.1) is 0 Å². The predicted molar refractivity (Wildman–Crippen MR) is 116 cm³/mol. The summed E-state index contributed by atoms with van der Waals surface area (Å²) in [7, 11) is 0. The van der Waals surface area contributed by atoms with Crippen molar-refractivity contribution in [2.45, 2.75) is 39.2 Å². The summed E-state index contributed by atoms with van der Waals surface area (Å²) in [5.74, 6) is 1.11. The molecule has 5 rings (SSSR count). The van der Waals surface area contributed by atoms with Crippen LogP contribution in [0.4, 0.5) is 0 Å². The third-order valence-corrected chi connectivity index (χ3v) is 6.85. The van der Waals surface area contributed by atoms with Gasteiger partial charge in [0.25, 0.3) is 5.56 Å². The minimum atomic E-state index is 0.0198. The first kappa shape index (κ1) is 18.4. The van der Waals surface area contributed by atoms with Gasteiger partial charge in [-0.1, -0.05) is 50.4 Å². The first-order valence-electron chi connectivity index (χ1n) is 10.2. The zero-order valence-corrected chi connectivity index (χ0v) is 17.3. The molecule has 1 fully saturated rings. The van der Waals surface area contributed by atoms with Crippen molar-refractivity contribution in [3.63, 3.8) is 0 Å². The summed E-state index contributed by atoms with van der Waals surface area (Å²) in [5.41, 5.74) is 3.45. The second-order valence-corrected chi connectivity index (χ2v) is 8.66. The van der Waals surface area contributed by atoms with Crippen molar-refractivity contribution < 1.29 is 0 Å². The number of halogens is 1. The summed E-state index contributed by atoms with van der Waals surface area (Å²) >= 11 is 6.01. The van der Waals surface area contributed by atoms with E-state index in [0.29, 0.717) is 22.2 Å². The third-order valence-electron chi connectivity index (χ3n) is 6.60. The van der Waals surface area contributed by atoms with Gasteiger partial charge in [-0.3, -0.25) is 4.79 Å². The molecule has 5 nitrogen and oxygen atoms in total. The molecule has 0 aliphatic heterocycles. The molecule has 0 spiro atoms. The lowest BCUT2D eigenvalue weighted by atomic mass is 9.78. The fraction of sp³-hybridized carbons (Fsp3) is 0.348. The molecular formula is C23H23ClN4O. The molecule has 29 heavy (non-hydrogen) atoms. The molecule has 0 bridgehead atoms. The summed E-state index contributed by atoms with van der Waals surface area (Å²) < 4.78 is 3.68. The predicted octanol–water partition coefficient (Wildman–Crippen LogP) is 5.36. The van der Waals surface area contributed by atoms with E-state index >= 15 is 0 Å². The molecule has 3 aromatic heterocycles. The highest BCUT2D eigenvalue weighted by atomic mass is 35.5. The number of fused-ring (bicyclic) bond motifs is 3. The molecule has 1 aliphatic carbocycles. The number of nitrogens with zero attached hydrogens (tertiary/aromatic N) is 4. The van der Waals surface area contributed by atoms with E-state index in [4.69, 9.17) is 11.6 Å². The lowest BCUT2D eigenvalue weighted by Gasteiger charge is -2.35. The number of hydrogen-bond acceptors (Lipinski definition) is 3. The fourth-order valence-electron chi connectivity index (χ4n) is 4.67.